The van der Waals surface area contributed by atoms with Gasteiger partial charge in [-0.1, -0.05) is 48.0 Å². The van der Waals surface area contributed by atoms with E-state index in [-0.39, 0.29) is 0 Å². The van der Waals surface area contributed by atoms with Gasteiger partial charge in [-0.25, -0.2) is 0 Å². The molecule has 0 atom stereocenters. The number of nitrogens with one attached hydrogen (secondary N) is 1. The first-order valence-corrected chi connectivity index (χ1v) is 5.87. The topological polar surface area (TPSA) is 29.9 Å². The van der Waals surface area contributed by atoms with Crippen LogP contribution in [0.25, 0.3) is 0 Å². The largest absolute Gasteiger partial charge is 0.379 e. The highest BCUT2D eigenvalue weighted by Crippen LogP contribution is 2.07. The van der Waals surface area contributed by atoms with Crippen molar-refractivity contribution in [2.45, 2.75) is 6.54 Å². The SMILES string of the molecule is Cl/C=C/CNc1cnn(Cc2ccccc2)c1. The van der Waals surface area contributed by atoms with Crippen LogP contribution < -0.4 is 5.32 Å². The number of benzene rings is 1. The van der Waals surface area contributed by atoms with E-state index in [1.165, 1.54) is 11.1 Å². The van der Waals surface area contributed by atoms with Crippen LogP contribution in [0, 0.1) is 0 Å². The van der Waals surface area contributed by atoms with E-state index in [1.54, 1.807) is 0 Å². The molecule has 1 heterocycles. The third-order valence-corrected chi connectivity index (χ3v) is 2.51. The van der Waals surface area contributed by atoms with Gasteiger partial charge in [0, 0.05) is 18.3 Å². The molecule has 4 heteroatoms. The van der Waals surface area contributed by atoms with E-state index in [2.05, 4.69) is 22.5 Å². The highest BCUT2D eigenvalue weighted by Gasteiger charge is 1.97. The summed E-state index contributed by atoms with van der Waals surface area (Å²) in [6.07, 6.45) is 5.64. The fourth-order valence-corrected chi connectivity index (χ4v) is 1.62. The minimum atomic E-state index is 0.709. The number of nitrogens with zero attached hydrogens (tertiary/aromatic N) is 2. The van der Waals surface area contributed by atoms with Gasteiger partial charge in [-0.15, -0.1) is 0 Å². The molecule has 1 N–H and O–H groups in total. The van der Waals surface area contributed by atoms with E-state index in [0.717, 1.165) is 12.2 Å². The quantitative estimate of drug-likeness (QED) is 0.880. The lowest BCUT2D eigenvalue weighted by molar-refractivity contribution is 0.687. The molecule has 0 aliphatic carbocycles. The molecule has 0 fully saturated rings. The summed E-state index contributed by atoms with van der Waals surface area (Å²) in [5.41, 5.74) is 3.74. The van der Waals surface area contributed by atoms with Crippen molar-refractivity contribution in [3.8, 4) is 0 Å². The highest BCUT2D eigenvalue weighted by atomic mass is 35.5. The lowest BCUT2D eigenvalue weighted by atomic mass is 10.2. The summed E-state index contributed by atoms with van der Waals surface area (Å²) in [5, 5.41) is 7.48. The fraction of sp³-hybridized carbons (Fsp3) is 0.154. The molecule has 17 heavy (non-hydrogen) atoms. The maximum absolute atomic E-state index is 5.44. The van der Waals surface area contributed by atoms with Crippen molar-refractivity contribution in [1.82, 2.24) is 9.78 Å². The van der Waals surface area contributed by atoms with E-state index < -0.39 is 0 Å². The number of aromatic nitrogens is 2. The second-order valence-corrected chi connectivity index (χ2v) is 3.91. The number of anilines is 1. The molecule has 0 saturated heterocycles. The Labute approximate surface area is 106 Å². The standard InChI is InChI=1S/C13H14ClN3/c14-7-4-8-15-13-9-16-17(11-13)10-12-5-2-1-3-6-12/h1-7,9,11,15H,8,10H2/b7-4+. The van der Waals surface area contributed by atoms with Gasteiger partial charge in [0.1, 0.15) is 0 Å². The molecule has 0 bridgehead atoms. The molecule has 0 unspecified atom stereocenters. The minimum Gasteiger partial charge on any atom is -0.379 e. The number of hydrogen-bond acceptors (Lipinski definition) is 2. The summed E-state index contributed by atoms with van der Waals surface area (Å²) in [5.74, 6) is 0. The molecule has 3 nitrogen and oxygen atoms in total. The second kappa shape index (κ2) is 6.11. The predicted molar refractivity (Wildman–Crippen MR) is 71.3 cm³/mol. The van der Waals surface area contributed by atoms with Gasteiger partial charge < -0.3 is 5.32 Å². The average molecular weight is 248 g/mol. The average Bonchev–Trinajstić information content (AvgIpc) is 2.79. The second-order valence-electron chi connectivity index (χ2n) is 3.65. The van der Waals surface area contributed by atoms with Gasteiger partial charge in [0.2, 0.25) is 0 Å². The van der Waals surface area contributed by atoms with Crippen molar-refractivity contribution < 1.29 is 0 Å². The van der Waals surface area contributed by atoms with Crippen molar-refractivity contribution in [3.05, 3.63) is 59.9 Å². The third-order valence-electron chi connectivity index (χ3n) is 2.33. The summed E-state index contributed by atoms with van der Waals surface area (Å²) in [6, 6.07) is 10.3. The zero-order chi connectivity index (χ0) is 11.9. The molecule has 0 radical (unpaired) electrons. The highest BCUT2D eigenvalue weighted by molar-refractivity contribution is 6.25. The molecular weight excluding hydrogens is 234 g/mol. The van der Waals surface area contributed by atoms with E-state index in [9.17, 15) is 0 Å². The molecule has 1 aromatic carbocycles. The van der Waals surface area contributed by atoms with Crippen LogP contribution >= 0.6 is 11.6 Å². The maximum atomic E-state index is 5.44. The molecular formula is C13H14ClN3. The summed E-state index contributed by atoms with van der Waals surface area (Å²) >= 11 is 5.44. The van der Waals surface area contributed by atoms with Crippen molar-refractivity contribution in [1.29, 1.82) is 0 Å². The zero-order valence-electron chi connectivity index (χ0n) is 9.38. The molecule has 2 aromatic rings. The van der Waals surface area contributed by atoms with Gasteiger partial charge in [-0.05, 0) is 5.56 Å². The number of rotatable bonds is 5. The zero-order valence-corrected chi connectivity index (χ0v) is 10.1. The smallest absolute Gasteiger partial charge is 0.0729 e. The van der Waals surface area contributed by atoms with Crippen LogP contribution in [0.3, 0.4) is 0 Å². The van der Waals surface area contributed by atoms with Crippen LogP contribution in [0.5, 0.6) is 0 Å². The first-order chi connectivity index (χ1) is 8.38. The molecule has 0 amide bonds. The van der Waals surface area contributed by atoms with E-state index in [0.29, 0.717) is 6.54 Å². The van der Waals surface area contributed by atoms with Crippen LogP contribution in [0.1, 0.15) is 5.56 Å². The summed E-state index contributed by atoms with van der Waals surface area (Å²) in [6.45, 7) is 1.49. The lowest BCUT2D eigenvalue weighted by Gasteiger charge is -2.01. The Hall–Kier alpha value is -1.74. The molecule has 0 aliphatic heterocycles. The van der Waals surface area contributed by atoms with Gasteiger partial charge in [0.15, 0.2) is 0 Å². The Morgan fingerprint density at radius 2 is 2.12 bits per heavy atom. The Morgan fingerprint density at radius 3 is 2.88 bits per heavy atom. The minimum absolute atomic E-state index is 0.709. The summed E-state index contributed by atoms with van der Waals surface area (Å²) < 4.78 is 1.90. The van der Waals surface area contributed by atoms with E-state index in [4.69, 9.17) is 11.6 Å². The van der Waals surface area contributed by atoms with Crippen molar-refractivity contribution in [2.24, 2.45) is 0 Å². The summed E-state index contributed by atoms with van der Waals surface area (Å²) in [4.78, 5) is 0. The van der Waals surface area contributed by atoms with Crippen molar-refractivity contribution >= 4 is 17.3 Å². The predicted octanol–water partition coefficient (Wildman–Crippen LogP) is 3.10. The number of hydrogen-bond donors (Lipinski definition) is 1. The molecule has 2 rings (SSSR count). The van der Waals surface area contributed by atoms with Gasteiger partial charge in [0.25, 0.3) is 0 Å². The first-order valence-electron chi connectivity index (χ1n) is 5.44. The molecule has 0 saturated carbocycles. The number of halogens is 1. The van der Waals surface area contributed by atoms with Crippen molar-refractivity contribution in [2.75, 3.05) is 11.9 Å². The van der Waals surface area contributed by atoms with Crippen LogP contribution in [0.2, 0.25) is 0 Å². The maximum Gasteiger partial charge on any atom is 0.0729 e. The van der Waals surface area contributed by atoms with Crippen LogP contribution in [-0.2, 0) is 6.54 Å². The third kappa shape index (κ3) is 3.64. The van der Waals surface area contributed by atoms with Gasteiger partial charge in [-0.2, -0.15) is 5.10 Å². The summed E-state index contributed by atoms with van der Waals surface area (Å²) in [7, 11) is 0. The molecule has 88 valence electrons. The monoisotopic (exact) mass is 247 g/mol. The van der Waals surface area contributed by atoms with Crippen molar-refractivity contribution in [3.63, 3.8) is 0 Å². The van der Waals surface area contributed by atoms with Crippen LogP contribution in [0.4, 0.5) is 5.69 Å². The lowest BCUT2D eigenvalue weighted by Crippen LogP contribution is -2.00. The van der Waals surface area contributed by atoms with E-state index in [1.807, 2.05) is 41.4 Å². The van der Waals surface area contributed by atoms with Gasteiger partial charge in [-0.3, -0.25) is 4.68 Å². The Kier molecular flexibility index (Phi) is 4.22. The molecule has 1 aromatic heterocycles. The normalized spacial score (nSPS) is 10.9. The first kappa shape index (κ1) is 11.7. The van der Waals surface area contributed by atoms with E-state index >= 15 is 0 Å². The Morgan fingerprint density at radius 1 is 1.29 bits per heavy atom. The fourth-order valence-electron chi connectivity index (χ4n) is 1.53. The van der Waals surface area contributed by atoms with Crippen LogP contribution in [0.15, 0.2) is 54.3 Å². The Bertz CT molecular complexity index is 476. The van der Waals surface area contributed by atoms with Crippen LogP contribution in [-0.4, -0.2) is 16.3 Å². The Balaban J connectivity index is 1.94. The van der Waals surface area contributed by atoms with Gasteiger partial charge in [0.05, 0.1) is 18.4 Å². The molecule has 0 aliphatic rings. The molecule has 0 spiro atoms. The van der Waals surface area contributed by atoms with Gasteiger partial charge >= 0.3 is 0 Å².